The summed E-state index contributed by atoms with van der Waals surface area (Å²) in [7, 11) is 1.61. The summed E-state index contributed by atoms with van der Waals surface area (Å²) in [5.41, 5.74) is 2.37. The number of aryl methyl sites for hydroxylation is 1. The minimum Gasteiger partial charge on any atom is -0.355 e. The molecule has 2 aromatic heterocycles. The van der Waals surface area contributed by atoms with Gasteiger partial charge >= 0.3 is 0 Å². The first-order valence-electron chi connectivity index (χ1n) is 5.38. The van der Waals surface area contributed by atoms with Gasteiger partial charge in [-0.1, -0.05) is 13.8 Å². The number of carbonyl (C=O) groups is 1. The summed E-state index contributed by atoms with van der Waals surface area (Å²) < 4.78 is 1.89. The molecule has 0 fully saturated rings. The standard InChI is InChI=1S/C10H11N3O.C2H6/c1-7-6-13-4-3-8(10(14)11-2)5-9(13)12-7;1-2/h3-6H,1-2H3,(H,11,14);1-2H3. The number of pyridine rings is 1. The zero-order valence-corrected chi connectivity index (χ0v) is 10.1. The molecule has 4 heteroatoms. The minimum atomic E-state index is -0.0897. The van der Waals surface area contributed by atoms with Crippen molar-refractivity contribution in [2.45, 2.75) is 20.8 Å². The van der Waals surface area contributed by atoms with Crippen LogP contribution in [0.15, 0.2) is 24.5 Å². The highest BCUT2D eigenvalue weighted by Gasteiger charge is 2.04. The Hall–Kier alpha value is -1.84. The lowest BCUT2D eigenvalue weighted by Gasteiger charge is -1.99. The van der Waals surface area contributed by atoms with Crippen molar-refractivity contribution in [1.29, 1.82) is 0 Å². The van der Waals surface area contributed by atoms with Gasteiger partial charge in [0.05, 0.1) is 5.69 Å². The number of amides is 1. The summed E-state index contributed by atoms with van der Waals surface area (Å²) in [6.07, 6.45) is 3.75. The van der Waals surface area contributed by atoms with Crippen LogP contribution in [0.25, 0.3) is 5.65 Å². The fraction of sp³-hybridized carbons (Fsp3) is 0.333. The highest BCUT2D eigenvalue weighted by atomic mass is 16.1. The first-order valence-corrected chi connectivity index (χ1v) is 5.38. The van der Waals surface area contributed by atoms with Gasteiger partial charge in [0.1, 0.15) is 5.65 Å². The van der Waals surface area contributed by atoms with E-state index >= 15 is 0 Å². The van der Waals surface area contributed by atoms with Gasteiger partial charge in [-0.05, 0) is 19.1 Å². The van der Waals surface area contributed by atoms with Crippen molar-refractivity contribution in [2.24, 2.45) is 0 Å². The fourth-order valence-electron chi connectivity index (χ4n) is 1.39. The Morgan fingerprint density at radius 3 is 2.75 bits per heavy atom. The molecule has 0 aromatic carbocycles. The van der Waals surface area contributed by atoms with E-state index in [0.717, 1.165) is 11.3 Å². The van der Waals surface area contributed by atoms with Gasteiger partial charge in [0, 0.05) is 25.0 Å². The van der Waals surface area contributed by atoms with Gasteiger partial charge in [-0.25, -0.2) is 4.98 Å². The van der Waals surface area contributed by atoms with E-state index in [0.29, 0.717) is 5.56 Å². The molecular weight excluding hydrogens is 202 g/mol. The van der Waals surface area contributed by atoms with Crippen molar-refractivity contribution in [2.75, 3.05) is 7.05 Å². The van der Waals surface area contributed by atoms with E-state index in [1.165, 1.54) is 0 Å². The number of carbonyl (C=O) groups excluding carboxylic acids is 1. The van der Waals surface area contributed by atoms with Crippen molar-refractivity contribution in [3.05, 3.63) is 35.8 Å². The van der Waals surface area contributed by atoms with Crippen molar-refractivity contribution in [1.82, 2.24) is 14.7 Å². The lowest BCUT2D eigenvalue weighted by Crippen LogP contribution is -2.17. The maximum absolute atomic E-state index is 11.3. The fourth-order valence-corrected chi connectivity index (χ4v) is 1.39. The first kappa shape index (κ1) is 12.2. The van der Waals surface area contributed by atoms with Gasteiger partial charge < -0.3 is 9.72 Å². The molecule has 86 valence electrons. The molecule has 0 saturated carbocycles. The van der Waals surface area contributed by atoms with Crippen LogP contribution >= 0.6 is 0 Å². The normalized spacial score (nSPS) is 9.50. The van der Waals surface area contributed by atoms with Gasteiger partial charge in [0.2, 0.25) is 0 Å². The number of aromatic nitrogens is 2. The molecule has 0 aliphatic heterocycles. The maximum Gasteiger partial charge on any atom is 0.251 e. The molecule has 0 aliphatic rings. The summed E-state index contributed by atoms with van der Waals surface area (Å²) in [5, 5.41) is 2.58. The number of fused-ring (bicyclic) bond motifs is 1. The van der Waals surface area contributed by atoms with Crippen molar-refractivity contribution in [3.63, 3.8) is 0 Å². The van der Waals surface area contributed by atoms with E-state index in [1.54, 1.807) is 19.2 Å². The molecule has 0 radical (unpaired) electrons. The number of imidazole rings is 1. The van der Waals surface area contributed by atoms with Crippen LogP contribution in [0.1, 0.15) is 29.9 Å². The SMILES string of the molecule is CC.CNC(=O)c1ccn2cc(C)nc2c1. The Balaban J connectivity index is 0.000000606. The van der Waals surface area contributed by atoms with Crippen LogP contribution in [0.4, 0.5) is 0 Å². The molecule has 4 nitrogen and oxygen atoms in total. The Labute approximate surface area is 95.3 Å². The number of nitrogens with zero attached hydrogens (tertiary/aromatic N) is 2. The maximum atomic E-state index is 11.3. The third kappa shape index (κ3) is 2.39. The Bertz CT molecular complexity index is 488. The molecule has 1 amide bonds. The predicted molar refractivity (Wildman–Crippen MR) is 64.7 cm³/mol. The topological polar surface area (TPSA) is 46.4 Å². The number of nitrogens with one attached hydrogen (secondary N) is 1. The van der Waals surface area contributed by atoms with E-state index < -0.39 is 0 Å². The van der Waals surface area contributed by atoms with Crippen molar-refractivity contribution >= 4 is 11.6 Å². The smallest absolute Gasteiger partial charge is 0.251 e. The van der Waals surface area contributed by atoms with Crippen LogP contribution in [0.2, 0.25) is 0 Å². The lowest BCUT2D eigenvalue weighted by atomic mass is 10.2. The van der Waals surface area contributed by atoms with E-state index in [9.17, 15) is 4.79 Å². The summed E-state index contributed by atoms with van der Waals surface area (Å²) >= 11 is 0. The van der Waals surface area contributed by atoms with Crippen LogP contribution in [-0.4, -0.2) is 22.3 Å². The van der Waals surface area contributed by atoms with E-state index in [4.69, 9.17) is 0 Å². The number of hydrogen-bond donors (Lipinski definition) is 1. The summed E-state index contributed by atoms with van der Waals surface area (Å²) in [6.45, 7) is 5.92. The second-order valence-electron chi connectivity index (χ2n) is 3.14. The molecule has 1 N–H and O–H groups in total. The summed E-state index contributed by atoms with van der Waals surface area (Å²) in [4.78, 5) is 15.6. The second kappa shape index (κ2) is 5.30. The van der Waals surface area contributed by atoms with Crippen LogP contribution < -0.4 is 5.32 Å². The number of rotatable bonds is 1. The zero-order chi connectivity index (χ0) is 12.1. The van der Waals surface area contributed by atoms with Crippen molar-refractivity contribution in [3.8, 4) is 0 Å². The molecule has 0 saturated heterocycles. The van der Waals surface area contributed by atoms with Crippen LogP contribution in [0.5, 0.6) is 0 Å². The molecule has 2 aromatic rings. The largest absolute Gasteiger partial charge is 0.355 e. The van der Waals surface area contributed by atoms with Gasteiger partial charge in [0.25, 0.3) is 5.91 Å². The average molecular weight is 219 g/mol. The highest BCUT2D eigenvalue weighted by molar-refractivity contribution is 5.94. The third-order valence-corrected chi connectivity index (χ3v) is 2.07. The molecule has 16 heavy (non-hydrogen) atoms. The minimum absolute atomic E-state index is 0.0897. The average Bonchev–Trinajstić information content (AvgIpc) is 2.69. The van der Waals surface area contributed by atoms with Gasteiger partial charge in [-0.3, -0.25) is 4.79 Å². The van der Waals surface area contributed by atoms with Crippen molar-refractivity contribution < 1.29 is 4.79 Å². The molecular formula is C12H17N3O. The second-order valence-corrected chi connectivity index (χ2v) is 3.14. The quantitative estimate of drug-likeness (QED) is 0.797. The molecule has 0 unspecified atom stereocenters. The van der Waals surface area contributed by atoms with Crippen LogP contribution in [-0.2, 0) is 0 Å². The Kier molecular flexibility index (Phi) is 4.05. The molecule has 0 bridgehead atoms. The summed E-state index contributed by atoms with van der Waals surface area (Å²) in [6, 6.07) is 3.54. The lowest BCUT2D eigenvalue weighted by molar-refractivity contribution is 0.0963. The van der Waals surface area contributed by atoms with E-state index in [1.807, 2.05) is 37.6 Å². The van der Waals surface area contributed by atoms with Crippen LogP contribution in [0.3, 0.4) is 0 Å². The van der Waals surface area contributed by atoms with Gasteiger partial charge in [-0.15, -0.1) is 0 Å². The van der Waals surface area contributed by atoms with Gasteiger partial charge in [-0.2, -0.15) is 0 Å². The monoisotopic (exact) mass is 219 g/mol. The van der Waals surface area contributed by atoms with E-state index in [2.05, 4.69) is 10.3 Å². The van der Waals surface area contributed by atoms with Gasteiger partial charge in [0.15, 0.2) is 0 Å². The Morgan fingerprint density at radius 1 is 1.44 bits per heavy atom. The Morgan fingerprint density at radius 2 is 2.12 bits per heavy atom. The molecule has 0 atom stereocenters. The molecule has 0 spiro atoms. The highest BCUT2D eigenvalue weighted by Crippen LogP contribution is 2.07. The van der Waals surface area contributed by atoms with Crippen LogP contribution in [0, 0.1) is 6.92 Å². The first-order chi connectivity index (χ1) is 7.70. The molecule has 2 heterocycles. The molecule has 0 aliphatic carbocycles. The zero-order valence-electron chi connectivity index (χ0n) is 10.1. The number of hydrogen-bond acceptors (Lipinski definition) is 2. The predicted octanol–water partition coefficient (Wildman–Crippen LogP) is 2.03. The molecule has 2 rings (SSSR count). The third-order valence-electron chi connectivity index (χ3n) is 2.07. The summed E-state index contributed by atoms with van der Waals surface area (Å²) in [5.74, 6) is -0.0897. The van der Waals surface area contributed by atoms with E-state index in [-0.39, 0.29) is 5.91 Å².